The van der Waals surface area contributed by atoms with Crippen molar-refractivity contribution < 1.29 is 4.74 Å². The third-order valence-corrected chi connectivity index (χ3v) is 4.45. The zero-order chi connectivity index (χ0) is 16.4. The van der Waals surface area contributed by atoms with E-state index in [9.17, 15) is 0 Å². The summed E-state index contributed by atoms with van der Waals surface area (Å²) in [6, 6.07) is 17.8. The number of fused-ring (bicyclic) bond motifs is 1. The highest BCUT2D eigenvalue weighted by molar-refractivity contribution is 7.17. The molecule has 4 rings (SSSR count). The van der Waals surface area contributed by atoms with Crippen LogP contribution in [0.2, 0.25) is 0 Å². The van der Waals surface area contributed by atoms with E-state index in [-0.39, 0.29) is 0 Å². The first-order valence-electron chi connectivity index (χ1n) is 7.44. The van der Waals surface area contributed by atoms with Gasteiger partial charge in [-0.15, -0.1) is 10.2 Å². The van der Waals surface area contributed by atoms with E-state index in [0.717, 1.165) is 32.7 Å². The van der Waals surface area contributed by atoms with E-state index >= 15 is 0 Å². The maximum Gasteiger partial charge on any atom is 0.235 e. The van der Waals surface area contributed by atoms with Gasteiger partial charge in [0.15, 0.2) is 5.82 Å². The van der Waals surface area contributed by atoms with Gasteiger partial charge < -0.3 is 4.74 Å². The Kier molecular flexibility index (Phi) is 3.80. The van der Waals surface area contributed by atoms with Gasteiger partial charge in [-0.05, 0) is 18.2 Å². The van der Waals surface area contributed by atoms with E-state index in [2.05, 4.69) is 15.3 Å². The van der Waals surface area contributed by atoms with Gasteiger partial charge >= 0.3 is 0 Å². The second-order valence-corrected chi connectivity index (χ2v) is 6.09. The normalized spacial score (nSPS) is 11.4. The second kappa shape index (κ2) is 6.25. The molecule has 2 aromatic heterocycles. The molecule has 0 saturated heterocycles. The Morgan fingerprint density at radius 3 is 2.58 bits per heavy atom. The Hall–Kier alpha value is -2.99. The molecule has 4 aromatic rings. The molecule has 0 atom stereocenters. The van der Waals surface area contributed by atoms with Gasteiger partial charge in [0.05, 0.1) is 7.11 Å². The minimum Gasteiger partial charge on any atom is -0.496 e. The van der Waals surface area contributed by atoms with Crippen molar-refractivity contribution in [3.63, 3.8) is 0 Å². The van der Waals surface area contributed by atoms with Crippen molar-refractivity contribution in [3.8, 4) is 17.1 Å². The molecule has 0 bridgehead atoms. The van der Waals surface area contributed by atoms with Gasteiger partial charge in [0.1, 0.15) is 10.8 Å². The van der Waals surface area contributed by atoms with Crippen LogP contribution in [0.4, 0.5) is 0 Å². The lowest BCUT2D eigenvalue weighted by atomic mass is 10.2. The van der Waals surface area contributed by atoms with E-state index in [0.29, 0.717) is 0 Å². The van der Waals surface area contributed by atoms with Gasteiger partial charge in [-0.3, -0.25) is 0 Å². The summed E-state index contributed by atoms with van der Waals surface area (Å²) in [6.45, 7) is 0. The van der Waals surface area contributed by atoms with Crippen molar-refractivity contribution in [3.05, 3.63) is 65.2 Å². The fraction of sp³-hybridized carbons (Fsp3) is 0.0556. The molecule has 0 aliphatic carbocycles. The van der Waals surface area contributed by atoms with Crippen LogP contribution in [0.1, 0.15) is 10.6 Å². The molecule has 0 fully saturated rings. The molecule has 6 heteroatoms. The lowest BCUT2D eigenvalue weighted by Gasteiger charge is -2.02. The van der Waals surface area contributed by atoms with Crippen LogP contribution < -0.4 is 4.74 Å². The van der Waals surface area contributed by atoms with Gasteiger partial charge in [0.25, 0.3) is 0 Å². The SMILES string of the molecule is COc1ccccc1C=Cc1nn2c(-c3ccccc3)nnc2s1. The van der Waals surface area contributed by atoms with Gasteiger partial charge in [-0.25, -0.2) is 0 Å². The Morgan fingerprint density at radius 2 is 1.75 bits per heavy atom. The number of hydrogen-bond donors (Lipinski definition) is 0. The molecular weight excluding hydrogens is 320 g/mol. The second-order valence-electron chi connectivity index (χ2n) is 5.10. The largest absolute Gasteiger partial charge is 0.496 e. The van der Waals surface area contributed by atoms with Crippen molar-refractivity contribution in [1.82, 2.24) is 19.8 Å². The predicted octanol–water partition coefficient (Wildman–Crippen LogP) is 4.03. The quantitative estimate of drug-likeness (QED) is 0.565. The monoisotopic (exact) mass is 334 g/mol. The van der Waals surface area contributed by atoms with Crippen LogP contribution in [0.5, 0.6) is 5.75 Å². The summed E-state index contributed by atoms with van der Waals surface area (Å²) in [7, 11) is 1.67. The summed E-state index contributed by atoms with van der Waals surface area (Å²) >= 11 is 1.50. The predicted molar refractivity (Wildman–Crippen MR) is 96.0 cm³/mol. The fourth-order valence-electron chi connectivity index (χ4n) is 2.43. The minimum absolute atomic E-state index is 0.749. The summed E-state index contributed by atoms with van der Waals surface area (Å²) in [5.74, 6) is 1.58. The number of hydrogen-bond acceptors (Lipinski definition) is 5. The highest BCUT2D eigenvalue weighted by Crippen LogP contribution is 2.24. The molecule has 0 radical (unpaired) electrons. The molecule has 2 heterocycles. The molecule has 5 nitrogen and oxygen atoms in total. The first kappa shape index (κ1) is 14.6. The summed E-state index contributed by atoms with van der Waals surface area (Å²) < 4.78 is 7.14. The van der Waals surface area contributed by atoms with E-state index < -0.39 is 0 Å². The number of benzene rings is 2. The number of ether oxygens (including phenoxy) is 1. The molecule has 24 heavy (non-hydrogen) atoms. The molecule has 2 aromatic carbocycles. The lowest BCUT2D eigenvalue weighted by Crippen LogP contribution is -1.90. The summed E-state index contributed by atoms with van der Waals surface area (Å²) in [5.41, 5.74) is 2.00. The van der Waals surface area contributed by atoms with Gasteiger partial charge in [0, 0.05) is 11.1 Å². The molecule has 0 N–H and O–H groups in total. The Balaban J connectivity index is 1.69. The standard InChI is InChI=1S/C18H14N4OS/c1-23-15-10-6-5-7-13(15)11-12-16-21-22-17(19-20-18(22)24-16)14-8-3-2-4-9-14/h2-12H,1H3. The van der Waals surface area contributed by atoms with Crippen LogP contribution in [0.15, 0.2) is 54.6 Å². The topological polar surface area (TPSA) is 52.3 Å². The lowest BCUT2D eigenvalue weighted by molar-refractivity contribution is 0.414. The molecule has 0 spiro atoms. The van der Waals surface area contributed by atoms with Gasteiger partial charge in [-0.1, -0.05) is 59.9 Å². The Morgan fingerprint density at radius 1 is 0.958 bits per heavy atom. The zero-order valence-corrected chi connectivity index (χ0v) is 13.8. The number of para-hydroxylation sites is 1. The molecule has 0 aliphatic rings. The number of nitrogens with zero attached hydrogens (tertiary/aromatic N) is 4. The smallest absolute Gasteiger partial charge is 0.235 e. The van der Waals surface area contributed by atoms with Crippen LogP contribution in [0.25, 0.3) is 28.5 Å². The minimum atomic E-state index is 0.749. The van der Waals surface area contributed by atoms with Crippen molar-refractivity contribution in [2.45, 2.75) is 0 Å². The highest BCUT2D eigenvalue weighted by Gasteiger charge is 2.11. The number of aromatic nitrogens is 4. The van der Waals surface area contributed by atoms with E-state index in [1.807, 2.05) is 66.7 Å². The maximum atomic E-state index is 5.36. The van der Waals surface area contributed by atoms with Crippen LogP contribution >= 0.6 is 11.3 Å². The van der Waals surface area contributed by atoms with Crippen LogP contribution in [-0.4, -0.2) is 26.9 Å². The molecule has 0 amide bonds. The summed E-state index contributed by atoms with van der Waals surface area (Å²) in [6.07, 6.45) is 3.96. The van der Waals surface area contributed by atoms with Crippen molar-refractivity contribution in [1.29, 1.82) is 0 Å². The summed E-state index contributed by atoms with van der Waals surface area (Å²) in [4.78, 5) is 0.772. The van der Waals surface area contributed by atoms with Gasteiger partial charge in [0.2, 0.25) is 4.96 Å². The third-order valence-electron chi connectivity index (χ3n) is 3.58. The van der Waals surface area contributed by atoms with Crippen LogP contribution in [0.3, 0.4) is 0 Å². The van der Waals surface area contributed by atoms with Crippen LogP contribution in [0, 0.1) is 0 Å². The zero-order valence-electron chi connectivity index (χ0n) is 13.0. The average molecular weight is 334 g/mol. The number of rotatable bonds is 4. The molecule has 0 aliphatic heterocycles. The van der Waals surface area contributed by atoms with Gasteiger partial charge in [-0.2, -0.15) is 9.61 Å². The van der Waals surface area contributed by atoms with Crippen molar-refractivity contribution >= 4 is 28.4 Å². The Bertz CT molecular complexity index is 1000. The van der Waals surface area contributed by atoms with E-state index in [1.165, 1.54) is 11.3 Å². The fourth-order valence-corrected chi connectivity index (χ4v) is 3.17. The molecule has 0 saturated carbocycles. The maximum absolute atomic E-state index is 5.36. The van der Waals surface area contributed by atoms with Crippen LogP contribution in [-0.2, 0) is 0 Å². The molecule has 118 valence electrons. The Labute approximate surface area is 142 Å². The summed E-state index contributed by atoms with van der Waals surface area (Å²) in [5, 5.41) is 13.9. The van der Waals surface area contributed by atoms with Crippen molar-refractivity contribution in [2.24, 2.45) is 0 Å². The van der Waals surface area contributed by atoms with Crippen molar-refractivity contribution in [2.75, 3.05) is 7.11 Å². The first-order valence-corrected chi connectivity index (χ1v) is 8.25. The first-order chi connectivity index (χ1) is 11.8. The molecule has 0 unspecified atom stereocenters. The highest BCUT2D eigenvalue weighted by atomic mass is 32.1. The number of methoxy groups -OCH3 is 1. The van der Waals surface area contributed by atoms with E-state index in [1.54, 1.807) is 11.6 Å². The third kappa shape index (κ3) is 2.68. The average Bonchev–Trinajstić information content (AvgIpc) is 3.21. The molecular formula is C18H14N4OS. The van der Waals surface area contributed by atoms with E-state index in [4.69, 9.17) is 4.74 Å².